The normalized spacial score (nSPS) is 17.5. The Morgan fingerprint density at radius 1 is 1.26 bits per heavy atom. The van der Waals surface area contributed by atoms with E-state index in [-0.39, 0.29) is 23.9 Å². The van der Waals surface area contributed by atoms with Crippen LogP contribution in [0.2, 0.25) is 5.02 Å². The fourth-order valence-electron chi connectivity index (χ4n) is 3.15. The van der Waals surface area contributed by atoms with Gasteiger partial charge < -0.3 is 4.90 Å². The number of nitrogens with zero attached hydrogens (tertiary/aromatic N) is 1. The Bertz CT molecular complexity index is 694. The second kappa shape index (κ2) is 6.71. The maximum absolute atomic E-state index is 13.9. The molecular formula is C19H19ClFNO. The van der Waals surface area contributed by atoms with Gasteiger partial charge in [-0.05, 0) is 37.5 Å². The number of likely N-dealkylation sites (tertiary alicyclic amines) is 1. The Kier molecular flexibility index (Phi) is 4.67. The number of amides is 1. The number of hydrogen-bond donors (Lipinski definition) is 0. The average Bonchev–Trinajstić information content (AvgIpc) is 3.01. The van der Waals surface area contributed by atoms with Crippen LogP contribution in [0.25, 0.3) is 0 Å². The first-order valence-electron chi connectivity index (χ1n) is 7.85. The largest absolute Gasteiger partial charge is 0.335 e. The van der Waals surface area contributed by atoms with Crippen LogP contribution in [-0.4, -0.2) is 17.4 Å². The minimum absolute atomic E-state index is 0.00781. The number of benzene rings is 2. The number of rotatable bonds is 3. The van der Waals surface area contributed by atoms with Gasteiger partial charge in [0.25, 0.3) is 0 Å². The highest BCUT2D eigenvalue weighted by Gasteiger charge is 2.30. The van der Waals surface area contributed by atoms with Gasteiger partial charge in [0.1, 0.15) is 5.82 Å². The van der Waals surface area contributed by atoms with Crippen molar-refractivity contribution in [1.29, 1.82) is 0 Å². The maximum atomic E-state index is 13.9. The van der Waals surface area contributed by atoms with Crippen molar-refractivity contribution in [3.8, 4) is 0 Å². The summed E-state index contributed by atoms with van der Waals surface area (Å²) in [5, 5.41) is 0.310. The van der Waals surface area contributed by atoms with Crippen LogP contribution in [0.1, 0.15) is 35.6 Å². The van der Waals surface area contributed by atoms with Crippen molar-refractivity contribution in [2.24, 2.45) is 0 Å². The lowest BCUT2D eigenvalue weighted by molar-refractivity contribution is -0.131. The number of carbonyl (C=O) groups excluding carboxylic acids is 1. The summed E-state index contributed by atoms with van der Waals surface area (Å²) in [5.74, 6) is -0.489. The van der Waals surface area contributed by atoms with Crippen LogP contribution in [0.3, 0.4) is 0 Å². The van der Waals surface area contributed by atoms with Crippen LogP contribution in [0.15, 0.2) is 42.5 Å². The zero-order valence-electron chi connectivity index (χ0n) is 13.1. The van der Waals surface area contributed by atoms with Crippen LogP contribution in [-0.2, 0) is 11.2 Å². The van der Waals surface area contributed by atoms with Gasteiger partial charge in [-0.25, -0.2) is 4.39 Å². The van der Waals surface area contributed by atoms with Crippen molar-refractivity contribution in [3.05, 3.63) is 70.0 Å². The van der Waals surface area contributed by atoms with Crippen molar-refractivity contribution >= 4 is 17.5 Å². The summed E-state index contributed by atoms with van der Waals surface area (Å²) in [4.78, 5) is 14.5. The highest BCUT2D eigenvalue weighted by Crippen LogP contribution is 2.33. The highest BCUT2D eigenvalue weighted by molar-refractivity contribution is 6.31. The van der Waals surface area contributed by atoms with Gasteiger partial charge in [0.15, 0.2) is 0 Å². The third kappa shape index (κ3) is 3.40. The SMILES string of the molecule is Cc1ccc([C@H]2CCCN2C(=O)Cc2c(F)cccc2Cl)cc1. The van der Waals surface area contributed by atoms with Crippen LogP contribution in [0, 0.1) is 12.7 Å². The summed E-state index contributed by atoms with van der Waals surface area (Å²) in [5.41, 5.74) is 2.62. The third-order valence-corrected chi connectivity index (χ3v) is 4.78. The lowest BCUT2D eigenvalue weighted by atomic mass is 10.0. The molecule has 1 heterocycles. The van der Waals surface area contributed by atoms with E-state index in [4.69, 9.17) is 11.6 Å². The average molecular weight is 332 g/mol. The summed E-state index contributed by atoms with van der Waals surface area (Å²) >= 11 is 6.04. The van der Waals surface area contributed by atoms with Crippen molar-refractivity contribution in [2.45, 2.75) is 32.2 Å². The predicted molar refractivity (Wildman–Crippen MR) is 90.0 cm³/mol. The van der Waals surface area contributed by atoms with Gasteiger partial charge >= 0.3 is 0 Å². The molecule has 3 rings (SSSR count). The number of aryl methyl sites for hydroxylation is 1. The van der Waals surface area contributed by atoms with Crippen LogP contribution in [0.4, 0.5) is 4.39 Å². The molecule has 4 heteroatoms. The molecule has 0 saturated carbocycles. The van der Waals surface area contributed by atoms with E-state index < -0.39 is 5.82 Å². The molecule has 0 radical (unpaired) electrons. The van der Waals surface area contributed by atoms with E-state index in [2.05, 4.69) is 24.3 Å². The highest BCUT2D eigenvalue weighted by atomic mass is 35.5. The summed E-state index contributed by atoms with van der Waals surface area (Å²) < 4.78 is 13.9. The second-order valence-electron chi connectivity index (χ2n) is 6.03. The van der Waals surface area contributed by atoms with E-state index in [0.717, 1.165) is 18.4 Å². The summed E-state index contributed by atoms with van der Waals surface area (Å²) in [6, 6.07) is 12.9. The van der Waals surface area contributed by atoms with Crippen LogP contribution < -0.4 is 0 Å². The zero-order chi connectivity index (χ0) is 16.4. The van der Waals surface area contributed by atoms with Crippen molar-refractivity contribution < 1.29 is 9.18 Å². The molecule has 1 fully saturated rings. The van der Waals surface area contributed by atoms with Gasteiger partial charge in [0.2, 0.25) is 5.91 Å². The van der Waals surface area contributed by atoms with Gasteiger partial charge in [-0.2, -0.15) is 0 Å². The molecule has 23 heavy (non-hydrogen) atoms. The smallest absolute Gasteiger partial charge is 0.227 e. The molecule has 0 bridgehead atoms. The molecule has 1 amide bonds. The molecule has 0 aliphatic carbocycles. The minimum Gasteiger partial charge on any atom is -0.335 e. The first-order valence-corrected chi connectivity index (χ1v) is 8.23. The monoisotopic (exact) mass is 331 g/mol. The Labute approximate surface area is 140 Å². The van der Waals surface area contributed by atoms with Crippen LogP contribution in [0.5, 0.6) is 0 Å². The van der Waals surface area contributed by atoms with Crippen molar-refractivity contribution in [2.75, 3.05) is 6.54 Å². The number of hydrogen-bond acceptors (Lipinski definition) is 1. The van der Waals surface area contributed by atoms with Gasteiger partial charge in [-0.15, -0.1) is 0 Å². The Balaban J connectivity index is 1.80. The Morgan fingerprint density at radius 2 is 2.00 bits per heavy atom. The van der Waals surface area contributed by atoms with E-state index in [1.54, 1.807) is 12.1 Å². The second-order valence-corrected chi connectivity index (χ2v) is 6.44. The zero-order valence-corrected chi connectivity index (χ0v) is 13.8. The molecule has 0 aromatic heterocycles. The first-order chi connectivity index (χ1) is 11.1. The van der Waals surface area contributed by atoms with Crippen molar-refractivity contribution in [1.82, 2.24) is 4.90 Å². The molecule has 1 aliphatic heterocycles. The molecule has 1 saturated heterocycles. The van der Waals surface area contributed by atoms with E-state index >= 15 is 0 Å². The Morgan fingerprint density at radius 3 is 2.70 bits per heavy atom. The lowest BCUT2D eigenvalue weighted by Gasteiger charge is -2.25. The predicted octanol–water partition coefficient (Wildman–Crippen LogP) is 4.69. The first kappa shape index (κ1) is 16.0. The maximum Gasteiger partial charge on any atom is 0.227 e. The van der Waals surface area contributed by atoms with E-state index in [9.17, 15) is 9.18 Å². The standard InChI is InChI=1S/C19H19ClFNO/c1-13-7-9-14(10-8-13)18-6-3-11-22(18)19(23)12-15-16(20)4-2-5-17(15)21/h2,4-5,7-10,18H,3,6,11-12H2,1H3/t18-/m1/s1. The van der Waals surface area contributed by atoms with Gasteiger partial charge in [-0.3, -0.25) is 4.79 Å². The Hall–Kier alpha value is -1.87. The van der Waals surface area contributed by atoms with E-state index in [1.165, 1.54) is 11.6 Å². The van der Waals surface area contributed by atoms with Gasteiger partial charge in [0, 0.05) is 17.1 Å². The lowest BCUT2D eigenvalue weighted by Crippen LogP contribution is -2.32. The molecule has 2 aromatic carbocycles. The number of halogens is 2. The molecule has 2 aromatic rings. The summed E-state index contributed by atoms with van der Waals surface area (Å²) in [6.07, 6.45) is 1.92. The molecule has 0 spiro atoms. The molecule has 1 atom stereocenters. The fraction of sp³-hybridized carbons (Fsp3) is 0.316. The minimum atomic E-state index is -0.420. The summed E-state index contributed by atoms with van der Waals surface area (Å²) in [7, 11) is 0. The summed E-state index contributed by atoms with van der Waals surface area (Å²) in [6.45, 7) is 2.75. The molecule has 0 unspecified atom stereocenters. The quantitative estimate of drug-likeness (QED) is 0.798. The van der Waals surface area contributed by atoms with E-state index in [0.29, 0.717) is 11.6 Å². The molecule has 1 aliphatic rings. The molecule has 120 valence electrons. The molecular weight excluding hydrogens is 313 g/mol. The fourth-order valence-corrected chi connectivity index (χ4v) is 3.38. The third-order valence-electron chi connectivity index (χ3n) is 4.42. The molecule has 2 nitrogen and oxygen atoms in total. The topological polar surface area (TPSA) is 20.3 Å². The number of carbonyl (C=O) groups is 1. The van der Waals surface area contributed by atoms with E-state index in [1.807, 2.05) is 11.8 Å². The van der Waals surface area contributed by atoms with Crippen LogP contribution >= 0.6 is 11.6 Å². The van der Waals surface area contributed by atoms with Crippen molar-refractivity contribution in [3.63, 3.8) is 0 Å². The van der Waals surface area contributed by atoms with Gasteiger partial charge in [-0.1, -0.05) is 47.5 Å². The molecule has 0 N–H and O–H groups in total. The van der Waals surface area contributed by atoms with Gasteiger partial charge in [0.05, 0.1) is 12.5 Å².